The fraction of sp³-hybridized carbons (Fsp3) is 0.500. The molecule has 1 aromatic carbocycles. The predicted octanol–water partition coefficient (Wildman–Crippen LogP) is 3.56. The van der Waals surface area contributed by atoms with Gasteiger partial charge < -0.3 is 15.1 Å². The van der Waals surface area contributed by atoms with E-state index in [9.17, 15) is 9.59 Å². The van der Waals surface area contributed by atoms with Gasteiger partial charge in [-0.2, -0.15) is 0 Å². The number of likely N-dealkylation sites (tertiary alicyclic amines) is 2. The van der Waals surface area contributed by atoms with E-state index in [2.05, 4.69) is 11.9 Å². The standard InChI is InChI=1S/C20H27N3O2/c1-3-12-23-18(24)9-5-10-20(23)11-6-13-22(15-20)19(25)21-17-8-4-7-16(2)14-17/h3-4,7-8,14H,1,5-6,9-13,15H2,2H3,(H,21,25). The first-order valence-electron chi connectivity index (χ1n) is 9.08. The van der Waals surface area contributed by atoms with E-state index in [4.69, 9.17) is 0 Å². The van der Waals surface area contributed by atoms with E-state index in [1.165, 1.54) is 0 Å². The van der Waals surface area contributed by atoms with Crippen molar-refractivity contribution in [2.45, 2.75) is 44.6 Å². The molecule has 2 saturated heterocycles. The molecule has 2 aliphatic heterocycles. The van der Waals surface area contributed by atoms with Gasteiger partial charge in [-0.05, 0) is 50.3 Å². The summed E-state index contributed by atoms with van der Waals surface area (Å²) in [4.78, 5) is 29.0. The highest BCUT2D eigenvalue weighted by molar-refractivity contribution is 5.89. The van der Waals surface area contributed by atoms with Crippen molar-refractivity contribution in [2.24, 2.45) is 0 Å². The quantitative estimate of drug-likeness (QED) is 0.855. The smallest absolute Gasteiger partial charge is 0.321 e. The lowest BCUT2D eigenvalue weighted by atomic mass is 9.79. The van der Waals surface area contributed by atoms with E-state index in [1.54, 1.807) is 6.08 Å². The third-order valence-corrected chi connectivity index (χ3v) is 5.33. The van der Waals surface area contributed by atoms with Gasteiger partial charge in [-0.25, -0.2) is 4.79 Å². The summed E-state index contributed by atoms with van der Waals surface area (Å²) >= 11 is 0. The highest BCUT2D eigenvalue weighted by Gasteiger charge is 2.45. The molecule has 1 unspecified atom stereocenters. The number of piperidine rings is 2. The molecule has 0 radical (unpaired) electrons. The number of carbonyl (C=O) groups excluding carboxylic acids is 2. The number of anilines is 1. The molecule has 3 rings (SSSR count). The summed E-state index contributed by atoms with van der Waals surface area (Å²) in [7, 11) is 0. The van der Waals surface area contributed by atoms with Gasteiger partial charge >= 0.3 is 6.03 Å². The summed E-state index contributed by atoms with van der Waals surface area (Å²) in [5.74, 6) is 0.187. The van der Waals surface area contributed by atoms with Crippen LogP contribution in [0.15, 0.2) is 36.9 Å². The number of nitrogens with zero attached hydrogens (tertiary/aromatic N) is 2. The first kappa shape index (κ1) is 17.5. The van der Waals surface area contributed by atoms with Crippen LogP contribution in [0.1, 0.15) is 37.7 Å². The Kier molecular flexibility index (Phi) is 5.11. The van der Waals surface area contributed by atoms with Gasteiger partial charge in [0.1, 0.15) is 0 Å². The lowest BCUT2D eigenvalue weighted by Crippen LogP contribution is -2.63. The van der Waals surface area contributed by atoms with Gasteiger partial charge in [0.25, 0.3) is 0 Å². The molecule has 0 aromatic heterocycles. The molecule has 0 aliphatic carbocycles. The second kappa shape index (κ2) is 7.30. The SMILES string of the molecule is C=CCN1C(=O)CCCC12CCCN(C(=O)Nc1cccc(C)c1)C2. The molecular formula is C20H27N3O2. The van der Waals surface area contributed by atoms with Gasteiger partial charge in [-0.15, -0.1) is 6.58 Å². The Bertz CT molecular complexity index is 669. The summed E-state index contributed by atoms with van der Waals surface area (Å²) in [6, 6.07) is 7.73. The van der Waals surface area contributed by atoms with Crippen LogP contribution in [0.4, 0.5) is 10.5 Å². The Hall–Kier alpha value is -2.30. The van der Waals surface area contributed by atoms with Gasteiger partial charge in [-0.3, -0.25) is 4.79 Å². The minimum atomic E-state index is -0.230. The number of hydrogen-bond donors (Lipinski definition) is 1. The monoisotopic (exact) mass is 341 g/mol. The number of benzene rings is 1. The second-order valence-electron chi connectivity index (χ2n) is 7.20. The highest BCUT2D eigenvalue weighted by Crippen LogP contribution is 2.36. The van der Waals surface area contributed by atoms with Crippen molar-refractivity contribution in [3.63, 3.8) is 0 Å². The normalized spacial score (nSPS) is 23.6. The molecule has 5 nitrogen and oxygen atoms in total. The van der Waals surface area contributed by atoms with E-state index in [0.29, 0.717) is 19.5 Å². The van der Waals surface area contributed by atoms with Crippen molar-refractivity contribution < 1.29 is 9.59 Å². The molecule has 1 aromatic rings. The number of amides is 3. The first-order valence-corrected chi connectivity index (χ1v) is 9.08. The first-order chi connectivity index (χ1) is 12.0. The molecule has 1 atom stereocenters. The molecule has 5 heteroatoms. The maximum atomic E-state index is 12.7. The Morgan fingerprint density at radius 3 is 2.92 bits per heavy atom. The molecule has 0 bridgehead atoms. The number of urea groups is 1. The minimum absolute atomic E-state index is 0.0822. The van der Waals surface area contributed by atoms with Crippen molar-refractivity contribution in [3.8, 4) is 0 Å². The van der Waals surface area contributed by atoms with E-state index in [1.807, 2.05) is 41.0 Å². The second-order valence-corrected chi connectivity index (χ2v) is 7.20. The number of aryl methyl sites for hydroxylation is 1. The summed E-state index contributed by atoms with van der Waals surface area (Å²) < 4.78 is 0. The van der Waals surface area contributed by atoms with Crippen LogP contribution in [0.25, 0.3) is 0 Å². The average molecular weight is 341 g/mol. The number of nitrogens with one attached hydrogen (secondary N) is 1. The van der Waals surface area contributed by atoms with Crippen LogP contribution in [0.3, 0.4) is 0 Å². The number of carbonyl (C=O) groups is 2. The predicted molar refractivity (Wildman–Crippen MR) is 99.5 cm³/mol. The molecule has 1 N–H and O–H groups in total. The fourth-order valence-electron chi connectivity index (χ4n) is 4.16. The van der Waals surface area contributed by atoms with E-state index < -0.39 is 0 Å². The summed E-state index contributed by atoms with van der Waals surface area (Å²) in [5.41, 5.74) is 1.70. The van der Waals surface area contributed by atoms with Crippen LogP contribution in [0, 0.1) is 6.92 Å². The van der Waals surface area contributed by atoms with Crippen LogP contribution >= 0.6 is 0 Å². The zero-order chi connectivity index (χ0) is 17.9. The van der Waals surface area contributed by atoms with Crippen LogP contribution in [-0.4, -0.2) is 46.9 Å². The van der Waals surface area contributed by atoms with Crippen molar-refractivity contribution in [1.29, 1.82) is 0 Å². The van der Waals surface area contributed by atoms with E-state index >= 15 is 0 Å². The van der Waals surface area contributed by atoms with Gasteiger partial charge in [0.05, 0.1) is 5.54 Å². The lowest BCUT2D eigenvalue weighted by Gasteiger charge is -2.51. The topological polar surface area (TPSA) is 52.7 Å². The summed E-state index contributed by atoms with van der Waals surface area (Å²) in [6.07, 6.45) is 6.13. The van der Waals surface area contributed by atoms with Gasteiger partial charge in [0, 0.05) is 31.7 Å². The average Bonchev–Trinajstić information content (AvgIpc) is 2.59. The molecular weight excluding hydrogens is 314 g/mol. The van der Waals surface area contributed by atoms with Crippen molar-refractivity contribution in [1.82, 2.24) is 9.80 Å². The fourth-order valence-corrected chi connectivity index (χ4v) is 4.16. The molecule has 134 valence electrons. The zero-order valence-electron chi connectivity index (χ0n) is 15.0. The molecule has 1 spiro atoms. The van der Waals surface area contributed by atoms with Crippen molar-refractivity contribution in [3.05, 3.63) is 42.5 Å². The van der Waals surface area contributed by atoms with Crippen LogP contribution in [-0.2, 0) is 4.79 Å². The molecule has 25 heavy (non-hydrogen) atoms. The van der Waals surface area contributed by atoms with E-state index in [-0.39, 0.29) is 17.5 Å². The minimum Gasteiger partial charge on any atom is -0.332 e. The third kappa shape index (κ3) is 3.70. The largest absolute Gasteiger partial charge is 0.332 e. The zero-order valence-corrected chi connectivity index (χ0v) is 15.0. The molecule has 3 amide bonds. The maximum Gasteiger partial charge on any atom is 0.321 e. The number of rotatable bonds is 3. The Balaban J connectivity index is 1.74. The lowest BCUT2D eigenvalue weighted by molar-refractivity contribution is -0.143. The third-order valence-electron chi connectivity index (χ3n) is 5.33. The van der Waals surface area contributed by atoms with E-state index in [0.717, 1.165) is 43.5 Å². The maximum absolute atomic E-state index is 12.7. The van der Waals surface area contributed by atoms with Gasteiger partial charge in [0.15, 0.2) is 0 Å². The molecule has 2 fully saturated rings. The van der Waals surface area contributed by atoms with Crippen LogP contribution in [0.5, 0.6) is 0 Å². The molecule has 0 saturated carbocycles. The Labute approximate surface area is 149 Å². The Morgan fingerprint density at radius 2 is 2.16 bits per heavy atom. The summed E-state index contributed by atoms with van der Waals surface area (Å²) in [5, 5.41) is 3.00. The van der Waals surface area contributed by atoms with Crippen molar-refractivity contribution >= 4 is 17.6 Å². The van der Waals surface area contributed by atoms with Gasteiger partial charge in [0.2, 0.25) is 5.91 Å². The molecule has 2 heterocycles. The van der Waals surface area contributed by atoms with Gasteiger partial charge in [-0.1, -0.05) is 18.2 Å². The number of hydrogen-bond acceptors (Lipinski definition) is 2. The Morgan fingerprint density at radius 1 is 1.36 bits per heavy atom. The molecule has 2 aliphatic rings. The highest BCUT2D eigenvalue weighted by atomic mass is 16.2. The van der Waals surface area contributed by atoms with Crippen molar-refractivity contribution in [2.75, 3.05) is 25.0 Å². The van der Waals surface area contributed by atoms with Crippen LogP contribution in [0.2, 0.25) is 0 Å². The summed E-state index contributed by atoms with van der Waals surface area (Å²) in [6.45, 7) is 7.70. The van der Waals surface area contributed by atoms with Crippen LogP contribution < -0.4 is 5.32 Å².